The van der Waals surface area contributed by atoms with E-state index in [1.165, 1.54) is 13.2 Å². The van der Waals surface area contributed by atoms with E-state index in [0.717, 1.165) is 38.5 Å². The summed E-state index contributed by atoms with van der Waals surface area (Å²) in [5.74, 6) is -0.287. The van der Waals surface area contributed by atoms with Gasteiger partial charge in [0.05, 0.1) is 7.11 Å². The largest absolute Gasteiger partial charge is 0.466 e. The van der Waals surface area contributed by atoms with Crippen LogP contribution >= 0.6 is 0 Å². The minimum atomic E-state index is -0.287. The van der Waals surface area contributed by atoms with Gasteiger partial charge in [0, 0.05) is 12.7 Å². The second-order valence-electron chi connectivity index (χ2n) is 3.21. The number of aliphatic hydroxyl groups is 1. The summed E-state index contributed by atoms with van der Waals surface area (Å²) < 4.78 is 4.46. The second kappa shape index (κ2) is 10.3. The molecule has 0 fully saturated rings. The fourth-order valence-corrected chi connectivity index (χ4v) is 1.15. The van der Waals surface area contributed by atoms with Gasteiger partial charge in [0.1, 0.15) is 0 Å². The number of ether oxygens (including phenoxy) is 1. The van der Waals surface area contributed by atoms with E-state index in [0.29, 0.717) is 6.61 Å². The van der Waals surface area contributed by atoms with Gasteiger partial charge in [-0.1, -0.05) is 25.3 Å². The van der Waals surface area contributed by atoms with Gasteiger partial charge < -0.3 is 9.84 Å². The van der Waals surface area contributed by atoms with Crippen molar-refractivity contribution in [2.24, 2.45) is 0 Å². The van der Waals surface area contributed by atoms with E-state index in [1.807, 2.05) is 6.08 Å². The molecule has 0 heterocycles. The molecule has 0 bridgehead atoms. The molecule has 0 saturated carbocycles. The van der Waals surface area contributed by atoms with Crippen LogP contribution in [0, 0.1) is 0 Å². The molecule has 0 rings (SSSR count). The lowest BCUT2D eigenvalue weighted by Gasteiger charge is -1.97. The first-order valence-electron chi connectivity index (χ1n) is 5.16. The highest BCUT2D eigenvalue weighted by atomic mass is 16.5. The predicted octanol–water partition coefficient (Wildman–Crippen LogP) is 2.05. The third-order valence-corrected chi connectivity index (χ3v) is 1.98. The summed E-state index contributed by atoms with van der Waals surface area (Å²) in [7, 11) is 1.38. The molecule has 0 aliphatic carbocycles. The van der Waals surface area contributed by atoms with Gasteiger partial charge in [-0.2, -0.15) is 0 Å². The fourth-order valence-electron chi connectivity index (χ4n) is 1.15. The molecule has 0 aliphatic heterocycles. The molecule has 0 atom stereocenters. The molecule has 1 N–H and O–H groups in total. The molecule has 0 amide bonds. The standard InChI is InChI=1S/C11H20O3/c1-14-11(13)9-7-5-3-2-4-6-8-10-12/h7,9,12H,2-6,8,10H2,1H3. The molecule has 82 valence electrons. The monoisotopic (exact) mass is 200 g/mol. The Kier molecular flexibility index (Phi) is 9.64. The van der Waals surface area contributed by atoms with Crippen LogP contribution in [-0.4, -0.2) is 24.8 Å². The zero-order chi connectivity index (χ0) is 10.6. The predicted molar refractivity (Wildman–Crippen MR) is 55.9 cm³/mol. The lowest BCUT2D eigenvalue weighted by molar-refractivity contribution is -0.134. The average Bonchev–Trinajstić information content (AvgIpc) is 2.21. The number of methoxy groups -OCH3 is 1. The molecule has 0 aliphatic rings. The van der Waals surface area contributed by atoms with Gasteiger partial charge in [0.25, 0.3) is 0 Å². The normalized spacial score (nSPS) is 10.7. The van der Waals surface area contributed by atoms with Crippen LogP contribution in [0.2, 0.25) is 0 Å². The Morgan fingerprint density at radius 2 is 1.86 bits per heavy atom. The Bertz CT molecular complexity index is 164. The second-order valence-corrected chi connectivity index (χ2v) is 3.21. The molecule has 0 aromatic heterocycles. The molecule has 0 aromatic rings. The SMILES string of the molecule is COC(=O)C=CCCCCCCCO. The minimum absolute atomic E-state index is 0.287. The molecule has 0 aromatic carbocycles. The first-order chi connectivity index (χ1) is 6.81. The minimum Gasteiger partial charge on any atom is -0.466 e. The van der Waals surface area contributed by atoms with Crippen molar-refractivity contribution in [3.63, 3.8) is 0 Å². The van der Waals surface area contributed by atoms with Crippen LogP contribution in [-0.2, 0) is 9.53 Å². The Morgan fingerprint density at radius 3 is 2.50 bits per heavy atom. The lowest BCUT2D eigenvalue weighted by Crippen LogP contribution is -1.93. The summed E-state index contributed by atoms with van der Waals surface area (Å²) in [6, 6.07) is 0. The number of carbonyl (C=O) groups is 1. The molecule has 14 heavy (non-hydrogen) atoms. The first kappa shape index (κ1) is 13.2. The van der Waals surface area contributed by atoms with E-state index < -0.39 is 0 Å². The van der Waals surface area contributed by atoms with E-state index in [9.17, 15) is 4.79 Å². The zero-order valence-corrected chi connectivity index (χ0v) is 8.87. The van der Waals surface area contributed by atoms with Crippen LogP contribution < -0.4 is 0 Å². The van der Waals surface area contributed by atoms with Crippen molar-refractivity contribution in [3.05, 3.63) is 12.2 Å². The van der Waals surface area contributed by atoms with Crippen molar-refractivity contribution in [2.75, 3.05) is 13.7 Å². The number of hydrogen-bond donors (Lipinski definition) is 1. The van der Waals surface area contributed by atoms with Crippen molar-refractivity contribution in [3.8, 4) is 0 Å². The van der Waals surface area contributed by atoms with Gasteiger partial charge in [-0.25, -0.2) is 4.79 Å². The summed E-state index contributed by atoms with van der Waals surface area (Å²) in [5, 5.41) is 8.53. The number of aliphatic hydroxyl groups excluding tert-OH is 1. The quantitative estimate of drug-likeness (QED) is 0.370. The zero-order valence-electron chi connectivity index (χ0n) is 8.87. The number of hydrogen-bond acceptors (Lipinski definition) is 3. The van der Waals surface area contributed by atoms with Gasteiger partial charge in [-0.15, -0.1) is 0 Å². The van der Waals surface area contributed by atoms with Crippen molar-refractivity contribution in [1.82, 2.24) is 0 Å². The first-order valence-corrected chi connectivity index (χ1v) is 5.16. The van der Waals surface area contributed by atoms with E-state index in [-0.39, 0.29) is 5.97 Å². The molecule has 3 heteroatoms. The Labute approximate surface area is 85.8 Å². The Balaban J connectivity index is 3.13. The van der Waals surface area contributed by atoms with E-state index in [1.54, 1.807) is 0 Å². The van der Waals surface area contributed by atoms with Crippen molar-refractivity contribution in [2.45, 2.75) is 38.5 Å². The Morgan fingerprint density at radius 1 is 1.21 bits per heavy atom. The van der Waals surface area contributed by atoms with Crippen LogP contribution in [0.3, 0.4) is 0 Å². The molecule has 3 nitrogen and oxygen atoms in total. The highest BCUT2D eigenvalue weighted by Gasteiger charge is 1.91. The molecule has 0 spiro atoms. The molecule has 0 saturated heterocycles. The summed E-state index contributed by atoms with van der Waals surface area (Å²) >= 11 is 0. The highest BCUT2D eigenvalue weighted by Crippen LogP contribution is 2.05. The summed E-state index contributed by atoms with van der Waals surface area (Å²) in [6.45, 7) is 0.294. The van der Waals surface area contributed by atoms with Crippen LogP contribution in [0.5, 0.6) is 0 Å². The van der Waals surface area contributed by atoms with E-state index in [4.69, 9.17) is 5.11 Å². The third kappa shape index (κ3) is 9.26. The average molecular weight is 200 g/mol. The topological polar surface area (TPSA) is 46.5 Å². The van der Waals surface area contributed by atoms with Gasteiger partial charge in [0.2, 0.25) is 0 Å². The maximum absolute atomic E-state index is 10.6. The third-order valence-electron chi connectivity index (χ3n) is 1.98. The van der Waals surface area contributed by atoms with Gasteiger partial charge in [-0.05, 0) is 19.3 Å². The number of esters is 1. The van der Waals surface area contributed by atoms with Crippen LogP contribution in [0.25, 0.3) is 0 Å². The van der Waals surface area contributed by atoms with Crippen molar-refractivity contribution >= 4 is 5.97 Å². The summed E-state index contributed by atoms with van der Waals surface area (Å²) in [5.41, 5.74) is 0. The van der Waals surface area contributed by atoms with Crippen LogP contribution in [0.1, 0.15) is 38.5 Å². The lowest BCUT2D eigenvalue weighted by atomic mass is 10.1. The molecule has 0 unspecified atom stereocenters. The van der Waals surface area contributed by atoms with Gasteiger partial charge in [-0.3, -0.25) is 0 Å². The van der Waals surface area contributed by atoms with Gasteiger partial charge in [0.15, 0.2) is 0 Å². The van der Waals surface area contributed by atoms with E-state index in [2.05, 4.69) is 4.74 Å². The molecular weight excluding hydrogens is 180 g/mol. The maximum atomic E-state index is 10.6. The van der Waals surface area contributed by atoms with Crippen molar-refractivity contribution in [1.29, 1.82) is 0 Å². The number of unbranched alkanes of at least 4 members (excludes halogenated alkanes) is 5. The number of carbonyl (C=O) groups excluding carboxylic acids is 1. The van der Waals surface area contributed by atoms with Crippen LogP contribution in [0.15, 0.2) is 12.2 Å². The molecular formula is C11H20O3. The van der Waals surface area contributed by atoms with Crippen molar-refractivity contribution < 1.29 is 14.6 Å². The highest BCUT2D eigenvalue weighted by molar-refractivity contribution is 5.81. The number of allylic oxidation sites excluding steroid dienone is 1. The molecule has 0 radical (unpaired) electrons. The Hall–Kier alpha value is -0.830. The van der Waals surface area contributed by atoms with Gasteiger partial charge >= 0.3 is 5.97 Å². The smallest absolute Gasteiger partial charge is 0.330 e. The number of rotatable bonds is 8. The summed E-state index contributed by atoms with van der Waals surface area (Å²) in [6.07, 6.45) is 9.64. The van der Waals surface area contributed by atoms with Crippen LogP contribution in [0.4, 0.5) is 0 Å². The van der Waals surface area contributed by atoms with E-state index >= 15 is 0 Å². The fraction of sp³-hybridized carbons (Fsp3) is 0.727. The summed E-state index contributed by atoms with van der Waals surface area (Å²) in [4.78, 5) is 10.6. The maximum Gasteiger partial charge on any atom is 0.330 e.